The molecule has 1 N–H and O–H groups in total. The van der Waals surface area contributed by atoms with E-state index in [0.29, 0.717) is 16.9 Å². The van der Waals surface area contributed by atoms with Gasteiger partial charge in [-0.3, -0.25) is 4.68 Å². The fraction of sp³-hybridized carbons (Fsp3) is 0.500. The zero-order valence-electron chi connectivity index (χ0n) is 13.1. The van der Waals surface area contributed by atoms with Crippen molar-refractivity contribution in [1.82, 2.24) is 24.3 Å². The zero-order chi connectivity index (χ0) is 19.6. The highest BCUT2D eigenvalue weighted by molar-refractivity contribution is 7.89. The quantitative estimate of drug-likeness (QED) is 0.685. The van der Waals surface area contributed by atoms with Crippen LogP contribution in [0.4, 0.5) is 26.3 Å². The second kappa shape index (κ2) is 7.65. The molecule has 7 nitrogen and oxygen atoms in total. The van der Waals surface area contributed by atoms with Crippen molar-refractivity contribution in [2.75, 3.05) is 6.54 Å². The lowest BCUT2D eigenvalue weighted by Gasteiger charge is -2.08. The molecule has 2 aromatic rings. The van der Waals surface area contributed by atoms with Crippen molar-refractivity contribution in [2.45, 2.75) is 37.8 Å². The number of hydrogen-bond donors (Lipinski definition) is 1. The van der Waals surface area contributed by atoms with Crippen molar-refractivity contribution in [3.05, 3.63) is 29.3 Å². The molecule has 0 aliphatic carbocycles. The molecule has 14 heteroatoms. The maximum Gasteiger partial charge on any atom is 0.333 e. The van der Waals surface area contributed by atoms with E-state index in [1.807, 2.05) is 4.72 Å². The number of aromatic nitrogens is 4. The fourth-order valence-electron chi connectivity index (χ4n) is 2.11. The Balaban J connectivity index is 2.12. The first-order valence-electron chi connectivity index (χ1n) is 7.00. The summed E-state index contributed by atoms with van der Waals surface area (Å²) in [5, 5.41) is 6.65. The lowest BCUT2D eigenvalue weighted by atomic mass is 10.3. The van der Waals surface area contributed by atoms with E-state index < -0.39 is 58.8 Å². The summed E-state index contributed by atoms with van der Waals surface area (Å²) in [4.78, 5) is -0.513. The summed E-state index contributed by atoms with van der Waals surface area (Å²) in [7, 11) is -4.26. The maximum atomic E-state index is 12.8. The summed E-state index contributed by atoms with van der Waals surface area (Å²) >= 11 is 0. The van der Waals surface area contributed by atoms with Gasteiger partial charge in [-0.2, -0.15) is 19.0 Å². The molecule has 0 radical (unpaired) electrons. The van der Waals surface area contributed by atoms with Gasteiger partial charge >= 0.3 is 6.55 Å². The molecule has 0 aromatic carbocycles. The molecule has 146 valence electrons. The number of halogens is 6. The highest BCUT2D eigenvalue weighted by Gasteiger charge is 2.24. The van der Waals surface area contributed by atoms with Gasteiger partial charge < -0.3 is 0 Å². The number of nitrogens with one attached hydrogen (secondary N) is 1. The van der Waals surface area contributed by atoms with Gasteiger partial charge in [0.25, 0.3) is 12.9 Å². The van der Waals surface area contributed by atoms with Crippen molar-refractivity contribution < 1.29 is 34.8 Å². The van der Waals surface area contributed by atoms with Crippen LogP contribution in [0.3, 0.4) is 0 Å². The Morgan fingerprint density at radius 3 is 2.27 bits per heavy atom. The van der Waals surface area contributed by atoms with Gasteiger partial charge in [-0.1, -0.05) is 0 Å². The van der Waals surface area contributed by atoms with E-state index in [1.165, 1.54) is 6.92 Å². The highest BCUT2D eigenvalue weighted by Crippen LogP contribution is 2.25. The first kappa shape index (κ1) is 20.2. The number of nitrogens with zero attached hydrogens (tertiary/aromatic N) is 4. The summed E-state index contributed by atoms with van der Waals surface area (Å²) in [6.45, 7) is -2.78. The maximum absolute atomic E-state index is 12.8. The lowest BCUT2D eigenvalue weighted by Crippen LogP contribution is -2.28. The van der Waals surface area contributed by atoms with Crippen LogP contribution in [0.2, 0.25) is 0 Å². The van der Waals surface area contributed by atoms with Crippen molar-refractivity contribution in [2.24, 2.45) is 0 Å². The molecule has 0 aliphatic heterocycles. The Kier molecular flexibility index (Phi) is 5.95. The molecule has 0 saturated heterocycles. The van der Waals surface area contributed by atoms with Gasteiger partial charge in [-0.25, -0.2) is 35.4 Å². The normalized spacial score (nSPS) is 12.7. The minimum Gasteiger partial charge on any atom is -0.262 e. The molecule has 26 heavy (non-hydrogen) atoms. The molecule has 0 spiro atoms. The van der Waals surface area contributed by atoms with Crippen LogP contribution in [0, 0.1) is 6.92 Å². The monoisotopic (exact) mass is 405 g/mol. The Morgan fingerprint density at radius 1 is 1.12 bits per heavy atom. The first-order chi connectivity index (χ1) is 12.0. The molecule has 0 aliphatic rings. The summed E-state index contributed by atoms with van der Waals surface area (Å²) < 4.78 is 103. The Labute approximate surface area is 143 Å². The topological polar surface area (TPSA) is 81.8 Å². The van der Waals surface area contributed by atoms with Crippen LogP contribution >= 0.6 is 0 Å². The summed E-state index contributed by atoms with van der Waals surface area (Å²) in [6.07, 6.45) is -5.53. The molecule has 0 fully saturated rings. The molecule has 0 saturated carbocycles. The first-order valence-corrected chi connectivity index (χ1v) is 8.48. The molecule has 0 bridgehead atoms. The Bertz CT molecular complexity index is 864. The van der Waals surface area contributed by atoms with Crippen molar-refractivity contribution in [3.63, 3.8) is 0 Å². The third kappa shape index (κ3) is 4.35. The van der Waals surface area contributed by atoms with Crippen LogP contribution in [0.1, 0.15) is 36.5 Å². The number of sulfonamides is 1. The Morgan fingerprint density at radius 2 is 1.77 bits per heavy atom. The summed E-state index contributed by atoms with van der Waals surface area (Å²) in [5.74, 6) is 0. The largest absolute Gasteiger partial charge is 0.333 e. The zero-order valence-corrected chi connectivity index (χ0v) is 13.9. The lowest BCUT2D eigenvalue weighted by molar-refractivity contribution is 0.0561. The van der Waals surface area contributed by atoms with Gasteiger partial charge in [-0.15, -0.1) is 0 Å². The predicted octanol–water partition coefficient (Wildman–Crippen LogP) is 2.64. The number of aryl methyl sites for hydroxylation is 1. The minimum absolute atomic E-state index is 0.154. The molecule has 2 rings (SSSR count). The van der Waals surface area contributed by atoms with Gasteiger partial charge in [0.2, 0.25) is 10.0 Å². The average molecular weight is 405 g/mol. The molecule has 0 atom stereocenters. The van der Waals surface area contributed by atoms with Crippen LogP contribution in [-0.2, 0) is 16.6 Å². The van der Waals surface area contributed by atoms with Crippen molar-refractivity contribution in [3.8, 4) is 0 Å². The summed E-state index contributed by atoms with van der Waals surface area (Å²) in [6, 6.07) is 0.528. The SMILES string of the molecule is Cc1nn(C(F)F)cc1S(=O)(=O)NCCn1nc(C(F)F)cc1C(F)F. The average Bonchev–Trinajstić information content (AvgIpc) is 3.11. The van der Waals surface area contributed by atoms with Crippen LogP contribution in [0.5, 0.6) is 0 Å². The summed E-state index contributed by atoms with van der Waals surface area (Å²) in [5.41, 5.74) is -1.84. The predicted molar refractivity (Wildman–Crippen MR) is 75.5 cm³/mol. The van der Waals surface area contributed by atoms with E-state index in [0.717, 1.165) is 0 Å². The van der Waals surface area contributed by atoms with Gasteiger partial charge in [0.05, 0.1) is 18.4 Å². The third-order valence-corrected chi connectivity index (χ3v) is 4.82. The molecular formula is C12H13F6N5O2S. The van der Waals surface area contributed by atoms with Crippen LogP contribution in [0.25, 0.3) is 0 Å². The Hall–Kier alpha value is -2.09. The molecule has 0 unspecified atom stereocenters. The van der Waals surface area contributed by atoms with E-state index in [-0.39, 0.29) is 10.4 Å². The van der Waals surface area contributed by atoms with Crippen LogP contribution in [-0.4, -0.2) is 34.5 Å². The molecule has 2 aromatic heterocycles. The second-order valence-electron chi connectivity index (χ2n) is 5.05. The van der Waals surface area contributed by atoms with E-state index in [4.69, 9.17) is 0 Å². The van der Waals surface area contributed by atoms with Gasteiger partial charge in [0.15, 0.2) is 0 Å². The number of hydrogen-bond acceptors (Lipinski definition) is 4. The van der Waals surface area contributed by atoms with E-state index in [9.17, 15) is 34.8 Å². The fourth-order valence-corrected chi connectivity index (χ4v) is 3.30. The molecular weight excluding hydrogens is 392 g/mol. The number of alkyl halides is 6. The highest BCUT2D eigenvalue weighted by atomic mass is 32.2. The van der Waals surface area contributed by atoms with Crippen molar-refractivity contribution in [1.29, 1.82) is 0 Å². The molecule has 0 amide bonds. The minimum atomic E-state index is -4.26. The van der Waals surface area contributed by atoms with E-state index in [1.54, 1.807) is 0 Å². The molecule has 2 heterocycles. The standard InChI is InChI=1S/C12H13F6N5O2S/c1-6-9(5-23(20-6)12(17)18)26(24,25)19-2-3-22-8(11(15)16)4-7(21-22)10(13)14/h4-5,10-12,19H,2-3H2,1H3. The van der Waals surface area contributed by atoms with Crippen LogP contribution in [0.15, 0.2) is 17.2 Å². The smallest absolute Gasteiger partial charge is 0.262 e. The second-order valence-corrected chi connectivity index (χ2v) is 6.79. The van der Waals surface area contributed by atoms with E-state index >= 15 is 0 Å². The van der Waals surface area contributed by atoms with Gasteiger partial charge in [0, 0.05) is 6.54 Å². The van der Waals surface area contributed by atoms with Crippen LogP contribution < -0.4 is 4.72 Å². The van der Waals surface area contributed by atoms with E-state index in [2.05, 4.69) is 10.2 Å². The number of rotatable bonds is 8. The third-order valence-electron chi connectivity index (χ3n) is 3.25. The van der Waals surface area contributed by atoms with Gasteiger partial charge in [0.1, 0.15) is 16.3 Å². The van der Waals surface area contributed by atoms with Gasteiger partial charge in [-0.05, 0) is 13.0 Å². The van der Waals surface area contributed by atoms with Crippen molar-refractivity contribution >= 4 is 10.0 Å².